The Kier molecular flexibility index (Phi) is 3.97. The molecule has 2 rings (SSSR count). The number of hydrogen-bond donors (Lipinski definition) is 1. The van der Waals surface area contributed by atoms with Crippen LogP contribution in [0.15, 0.2) is 40.9 Å². The molecule has 0 spiro atoms. The first-order chi connectivity index (χ1) is 8.19. The average Bonchev–Trinajstić information content (AvgIpc) is 2.81. The van der Waals surface area contributed by atoms with Crippen molar-refractivity contribution in [2.75, 3.05) is 5.32 Å². The number of amides is 1. The third-order valence-electron chi connectivity index (χ3n) is 2.34. The molecule has 1 heterocycles. The Morgan fingerprint density at radius 1 is 1.24 bits per heavy atom. The van der Waals surface area contributed by atoms with E-state index in [1.807, 2.05) is 36.4 Å². The largest absolute Gasteiger partial charge is 0.321 e. The number of rotatable bonds is 3. The fraction of sp³-hybridized carbons (Fsp3) is 0.154. The minimum absolute atomic E-state index is 0.0444. The summed E-state index contributed by atoms with van der Waals surface area (Å²) in [5.41, 5.74) is 0.810. The highest BCUT2D eigenvalue weighted by Crippen LogP contribution is 2.19. The molecule has 2 aromatic rings. The third-order valence-corrected chi connectivity index (χ3v) is 4.09. The van der Waals surface area contributed by atoms with E-state index in [2.05, 4.69) is 28.2 Å². The molecule has 1 N–H and O–H groups in total. The predicted molar refractivity (Wildman–Crippen MR) is 75.8 cm³/mol. The van der Waals surface area contributed by atoms with Crippen LogP contribution < -0.4 is 5.32 Å². The lowest BCUT2D eigenvalue weighted by Crippen LogP contribution is -2.09. The van der Waals surface area contributed by atoms with Crippen LogP contribution >= 0.6 is 27.3 Å². The molecular formula is C13H12BrNOS. The number of hydrogen-bond acceptors (Lipinski definition) is 2. The zero-order valence-electron chi connectivity index (χ0n) is 9.37. The molecule has 17 heavy (non-hydrogen) atoms. The number of thiophene rings is 1. The van der Waals surface area contributed by atoms with Crippen molar-refractivity contribution < 1.29 is 4.79 Å². The standard InChI is InChI=1S/C13H12BrNOS/c1-2-11-7-8-12(17-11)13(16)15-10-5-3-9(14)4-6-10/h3-8H,2H2,1H3,(H,15,16). The van der Waals surface area contributed by atoms with Gasteiger partial charge in [0, 0.05) is 15.0 Å². The van der Waals surface area contributed by atoms with Crippen LogP contribution in [0, 0.1) is 0 Å². The van der Waals surface area contributed by atoms with E-state index in [0.29, 0.717) is 0 Å². The van der Waals surface area contributed by atoms with Gasteiger partial charge in [0.1, 0.15) is 0 Å². The quantitative estimate of drug-likeness (QED) is 0.898. The van der Waals surface area contributed by atoms with Crippen molar-refractivity contribution in [2.45, 2.75) is 13.3 Å². The minimum Gasteiger partial charge on any atom is -0.321 e. The van der Waals surface area contributed by atoms with E-state index in [1.165, 1.54) is 4.88 Å². The highest BCUT2D eigenvalue weighted by Gasteiger charge is 2.08. The lowest BCUT2D eigenvalue weighted by molar-refractivity contribution is 0.103. The maximum atomic E-state index is 11.9. The molecule has 0 saturated carbocycles. The summed E-state index contributed by atoms with van der Waals surface area (Å²) in [5.74, 6) is -0.0444. The van der Waals surface area contributed by atoms with Crippen LogP contribution in [0.2, 0.25) is 0 Å². The fourth-order valence-electron chi connectivity index (χ4n) is 1.42. The molecule has 0 aliphatic heterocycles. The molecule has 0 saturated heterocycles. The van der Waals surface area contributed by atoms with Gasteiger partial charge in [-0.05, 0) is 42.8 Å². The second-order valence-corrected chi connectivity index (χ2v) is 5.66. The summed E-state index contributed by atoms with van der Waals surface area (Å²) in [6.07, 6.45) is 0.968. The zero-order valence-corrected chi connectivity index (χ0v) is 11.8. The SMILES string of the molecule is CCc1ccc(C(=O)Nc2ccc(Br)cc2)s1. The van der Waals surface area contributed by atoms with Crippen molar-refractivity contribution in [1.29, 1.82) is 0 Å². The number of aryl methyl sites for hydroxylation is 1. The molecule has 1 aromatic heterocycles. The molecule has 4 heteroatoms. The number of benzene rings is 1. The Hall–Kier alpha value is -1.13. The van der Waals surface area contributed by atoms with Gasteiger partial charge in [0.2, 0.25) is 0 Å². The summed E-state index contributed by atoms with van der Waals surface area (Å²) in [6.45, 7) is 2.09. The Morgan fingerprint density at radius 3 is 2.53 bits per heavy atom. The molecule has 0 atom stereocenters. The minimum atomic E-state index is -0.0444. The molecule has 88 valence electrons. The van der Waals surface area contributed by atoms with Gasteiger partial charge in [-0.1, -0.05) is 22.9 Å². The summed E-state index contributed by atoms with van der Waals surface area (Å²) >= 11 is 4.90. The summed E-state index contributed by atoms with van der Waals surface area (Å²) in [7, 11) is 0. The molecule has 1 aromatic carbocycles. The first-order valence-electron chi connectivity index (χ1n) is 5.34. The lowest BCUT2D eigenvalue weighted by atomic mass is 10.3. The number of carbonyl (C=O) groups is 1. The second kappa shape index (κ2) is 5.47. The van der Waals surface area contributed by atoms with E-state index in [-0.39, 0.29) is 5.91 Å². The topological polar surface area (TPSA) is 29.1 Å². The van der Waals surface area contributed by atoms with Crippen molar-refractivity contribution in [3.63, 3.8) is 0 Å². The summed E-state index contributed by atoms with van der Waals surface area (Å²) < 4.78 is 1.000. The molecule has 0 fully saturated rings. The van der Waals surface area contributed by atoms with Gasteiger partial charge in [-0.2, -0.15) is 0 Å². The third kappa shape index (κ3) is 3.17. The van der Waals surface area contributed by atoms with Gasteiger partial charge in [-0.25, -0.2) is 0 Å². The van der Waals surface area contributed by atoms with Crippen molar-refractivity contribution >= 4 is 38.9 Å². The smallest absolute Gasteiger partial charge is 0.265 e. The predicted octanol–water partition coefficient (Wildman–Crippen LogP) is 4.33. The molecule has 0 aliphatic rings. The van der Waals surface area contributed by atoms with E-state index in [4.69, 9.17) is 0 Å². The van der Waals surface area contributed by atoms with Gasteiger partial charge in [-0.3, -0.25) is 4.79 Å². The summed E-state index contributed by atoms with van der Waals surface area (Å²) in [5, 5.41) is 2.87. The highest BCUT2D eigenvalue weighted by molar-refractivity contribution is 9.10. The van der Waals surface area contributed by atoms with Crippen LogP contribution in [0.3, 0.4) is 0 Å². The van der Waals surface area contributed by atoms with Gasteiger partial charge in [0.05, 0.1) is 4.88 Å². The molecule has 0 radical (unpaired) electrons. The zero-order chi connectivity index (χ0) is 12.3. The number of nitrogens with one attached hydrogen (secondary N) is 1. The van der Waals surface area contributed by atoms with Crippen LogP contribution in [0.5, 0.6) is 0 Å². The average molecular weight is 310 g/mol. The Bertz CT molecular complexity index is 518. The van der Waals surface area contributed by atoms with Crippen LogP contribution in [-0.4, -0.2) is 5.91 Å². The molecule has 1 amide bonds. The summed E-state index contributed by atoms with van der Waals surface area (Å²) in [6, 6.07) is 11.4. The van der Waals surface area contributed by atoms with Crippen LogP contribution in [0.4, 0.5) is 5.69 Å². The van der Waals surface area contributed by atoms with Gasteiger partial charge >= 0.3 is 0 Å². The maximum absolute atomic E-state index is 11.9. The molecule has 0 aliphatic carbocycles. The van der Waals surface area contributed by atoms with Crippen molar-refractivity contribution in [2.24, 2.45) is 0 Å². The number of halogens is 1. The van der Waals surface area contributed by atoms with Crippen molar-refractivity contribution in [3.8, 4) is 0 Å². The first-order valence-corrected chi connectivity index (χ1v) is 6.95. The van der Waals surface area contributed by atoms with Gasteiger partial charge < -0.3 is 5.32 Å². The second-order valence-electron chi connectivity index (χ2n) is 3.58. The Morgan fingerprint density at radius 2 is 1.94 bits per heavy atom. The normalized spacial score (nSPS) is 10.2. The first kappa shape index (κ1) is 12.3. The Labute approximate surface area is 113 Å². The van der Waals surface area contributed by atoms with Gasteiger partial charge in [-0.15, -0.1) is 11.3 Å². The van der Waals surface area contributed by atoms with E-state index >= 15 is 0 Å². The molecule has 2 nitrogen and oxygen atoms in total. The number of anilines is 1. The van der Waals surface area contributed by atoms with Gasteiger partial charge in [0.15, 0.2) is 0 Å². The maximum Gasteiger partial charge on any atom is 0.265 e. The molecule has 0 unspecified atom stereocenters. The van der Waals surface area contributed by atoms with Crippen LogP contribution in [0.25, 0.3) is 0 Å². The lowest BCUT2D eigenvalue weighted by Gasteiger charge is -2.03. The van der Waals surface area contributed by atoms with Gasteiger partial charge in [0.25, 0.3) is 5.91 Å². The monoisotopic (exact) mass is 309 g/mol. The molecular weight excluding hydrogens is 298 g/mol. The summed E-state index contributed by atoms with van der Waals surface area (Å²) in [4.78, 5) is 13.9. The van der Waals surface area contributed by atoms with Crippen molar-refractivity contribution in [3.05, 3.63) is 50.6 Å². The van der Waals surface area contributed by atoms with E-state index in [0.717, 1.165) is 21.5 Å². The molecule has 0 bridgehead atoms. The van der Waals surface area contributed by atoms with Crippen LogP contribution in [0.1, 0.15) is 21.5 Å². The Balaban J connectivity index is 2.08. The number of carbonyl (C=O) groups excluding carboxylic acids is 1. The van der Waals surface area contributed by atoms with Crippen molar-refractivity contribution in [1.82, 2.24) is 0 Å². The van der Waals surface area contributed by atoms with E-state index in [9.17, 15) is 4.79 Å². The van der Waals surface area contributed by atoms with E-state index in [1.54, 1.807) is 11.3 Å². The van der Waals surface area contributed by atoms with E-state index < -0.39 is 0 Å². The van der Waals surface area contributed by atoms with Crippen LogP contribution in [-0.2, 0) is 6.42 Å². The fourth-order valence-corrected chi connectivity index (χ4v) is 2.52. The highest BCUT2D eigenvalue weighted by atomic mass is 79.9.